The highest BCUT2D eigenvalue weighted by atomic mass is 16.5. The van der Waals surface area contributed by atoms with Crippen LogP contribution in [0.15, 0.2) is 42.6 Å². The summed E-state index contributed by atoms with van der Waals surface area (Å²) in [6.45, 7) is 3.88. The van der Waals surface area contributed by atoms with Crippen molar-refractivity contribution in [2.75, 3.05) is 47.5 Å². The average molecular weight is 397 g/mol. The summed E-state index contributed by atoms with van der Waals surface area (Å²) in [5.41, 5.74) is 1.86. The van der Waals surface area contributed by atoms with Crippen molar-refractivity contribution in [3.63, 3.8) is 0 Å². The summed E-state index contributed by atoms with van der Waals surface area (Å²) < 4.78 is 16.0. The van der Waals surface area contributed by atoms with Crippen molar-refractivity contribution in [1.29, 1.82) is 0 Å². The second-order valence-corrected chi connectivity index (χ2v) is 6.71. The zero-order valence-corrected chi connectivity index (χ0v) is 17.1. The lowest BCUT2D eigenvalue weighted by Gasteiger charge is -2.34. The molecule has 2 heterocycles. The van der Waals surface area contributed by atoms with E-state index in [0.717, 1.165) is 30.9 Å². The molecule has 7 heteroatoms. The fraction of sp³-hybridized carbons (Fsp3) is 0.364. The summed E-state index contributed by atoms with van der Waals surface area (Å²) in [5.74, 6) is 1.64. The van der Waals surface area contributed by atoms with Gasteiger partial charge in [0.1, 0.15) is 0 Å². The van der Waals surface area contributed by atoms with E-state index >= 15 is 0 Å². The van der Waals surface area contributed by atoms with Crippen molar-refractivity contribution in [2.45, 2.75) is 6.54 Å². The van der Waals surface area contributed by atoms with Gasteiger partial charge in [0.05, 0.1) is 27.0 Å². The third kappa shape index (κ3) is 5.26. The average Bonchev–Trinajstić information content (AvgIpc) is 2.77. The number of aromatic nitrogens is 1. The summed E-state index contributed by atoms with van der Waals surface area (Å²) >= 11 is 0. The first kappa shape index (κ1) is 20.7. The molecule has 0 spiro atoms. The predicted octanol–water partition coefficient (Wildman–Crippen LogP) is 2.47. The lowest BCUT2D eigenvalue weighted by Crippen LogP contribution is -2.47. The molecule has 1 aromatic carbocycles. The number of nitrogens with zero attached hydrogens (tertiary/aromatic N) is 3. The molecule has 1 fully saturated rings. The first-order valence-corrected chi connectivity index (χ1v) is 9.54. The van der Waals surface area contributed by atoms with Crippen LogP contribution in [0.4, 0.5) is 0 Å². The Kier molecular flexibility index (Phi) is 7.08. The van der Waals surface area contributed by atoms with Crippen LogP contribution in [0.5, 0.6) is 17.2 Å². The molecule has 7 nitrogen and oxygen atoms in total. The van der Waals surface area contributed by atoms with Crippen LogP contribution >= 0.6 is 0 Å². The SMILES string of the molecule is COc1cc(/C=C/C(=O)N2CCN(Cc3ccccn3)CC2)cc(OC)c1OC. The maximum atomic E-state index is 12.6. The van der Waals surface area contributed by atoms with Crippen LogP contribution in [0, 0.1) is 0 Å². The van der Waals surface area contributed by atoms with Gasteiger partial charge in [0.15, 0.2) is 11.5 Å². The molecule has 0 atom stereocenters. The van der Waals surface area contributed by atoms with Gasteiger partial charge in [0.2, 0.25) is 11.7 Å². The maximum Gasteiger partial charge on any atom is 0.246 e. The predicted molar refractivity (Wildman–Crippen MR) is 111 cm³/mol. The van der Waals surface area contributed by atoms with E-state index in [1.54, 1.807) is 33.5 Å². The van der Waals surface area contributed by atoms with Crippen molar-refractivity contribution in [2.24, 2.45) is 0 Å². The molecule has 154 valence electrons. The zero-order valence-electron chi connectivity index (χ0n) is 17.1. The smallest absolute Gasteiger partial charge is 0.246 e. The Hall–Kier alpha value is -3.06. The molecule has 0 radical (unpaired) electrons. The van der Waals surface area contributed by atoms with Gasteiger partial charge in [-0.2, -0.15) is 0 Å². The molecule has 1 amide bonds. The van der Waals surface area contributed by atoms with E-state index in [2.05, 4.69) is 9.88 Å². The zero-order chi connectivity index (χ0) is 20.6. The topological polar surface area (TPSA) is 64.1 Å². The first-order chi connectivity index (χ1) is 14.1. The molecule has 1 aliphatic rings. The van der Waals surface area contributed by atoms with E-state index in [1.165, 1.54) is 0 Å². The van der Waals surface area contributed by atoms with Crippen molar-refractivity contribution >= 4 is 12.0 Å². The molecule has 0 saturated carbocycles. The number of hydrogen-bond acceptors (Lipinski definition) is 6. The molecule has 0 unspecified atom stereocenters. The van der Waals surface area contributed by atoms with Gasteiger partial charge in [0, 0.05) is 45.0 Å². The van der Waals surface area contributed by atoms with Gasteiger partial charge < -0.3 is 19.1 Å². The van der Waals surface area contributed by atoms with Crippen molar-refractivity contribution in [1.82, 2.24) is 14.8 Å². The standard InChI is InChI=1S/C22H27N3O4/c1-27-19-14-17(15-20(28-2)22(19)29-3)7-8-21(26)25-12-10-24(11-13-25)16-18-6-4-5-9-23-18/h4-9,14-15H,10-13,16H2,1-3H3/b8-7+. The molecule has 2 aromatic rings. The molecule has 1 aromatic heterocycles. The van der Waals surface area contributed by atoms with Crippen LogP contribution in [0.25, 0.3) is 6.08 Å². The molecule has 3 rings (SSSR count). The molecular formula is C22H27N3O4. The van der Waals surface area contributed by atoms with E-state index in [-0.39, 0.29) is 5.91 Å². The summed E-state index contributed by atoms with van der Waals surface area (Å²) in [4.78, 5) is 21.1. The fourth-order valence-electron chi connectivity index (χ4n) is 3.32. The van der Waals surface area contributed by atoms with E-state index in [4.69, 9.17) is 14.2 Å². The minimum Gasteiger partial charge on any atom is -0.493 e. The highest BCUT2D eigenvalue weighted by molar-refractivity contribution is 5.92. The monoisotopic (exact) mass is 397 g/mol. The lowest BCUT2D eigenvalue weighted by atomic mass is 10.1. The first-order valence-electron chi connectivity index (χ1n) is 9.54. The van der Waals surface area contributed by atoms with Gasteiger partial charge in [0.25, 0.3) is 0 Å². The number of piperazine rings is 1. The van der Waals surface area contributed by atoms with E-state index in [0.29, 0.717) is 30.3 Å². The number of carbonyl (C=O) groups excluding carboxylic acids is 1. The summed E-state index contributed by atoms with van der Waals surface area (Å²) in [5, 5.41) is 0. The van der Waals surface area contributed by atoms with Crippen LogP contribution in [0.3, 0.4) is 0 Å². The Morgan fingerprint density at radius 2 is 1.72 bits per heavy atom. The Morgan fingerprint density at radius 3 is 2.28 bits per heavy atom. The number of rotatable bonds is 7. The largest absolute Gasteiger partial charge is 0.493 e. The lowest BCUT2D eigenvalue weighted by molar-refractivity contribution is -0.127. The van der Waals surface area contributed by atoms with Gasteiger partial charge in [-0.05, 0) is 35.9 Å². The molecular weight excluding hydrogens is 370 g/mol. The third-order valence-corrected chi connectivity index (χ3v) is 4.90. The number of amides is 1. The van der Waals surface area contributed by atoms with Crippen LogP contribution in [0.1, 0.15) is 11.3 Å². The van der Waals surface area contributed by atoms with Crippen LogP contribution in [-0.2, 0) is 11.3 Å². The van der Waals surface area contributed by atoms with Gasteiger partial charge in [-0.3, -0.25) is 14.7 Å². The van der Waals surface area contributed by atoms with Gasteiger partial charge in [-0.15, -0.1) is 0 Å². The van der Waals surface area contributed by atoms with Gasteiger partial charge in [-0.25, -0.2) is 0 Å². The minimum absolute atomic E-state index is 0.00348. The van der Waals surface area contributed by atoms with Crippen molar-refractivity contribution in [3.8, 4) is 17.2 Å². The quantitative estimate of drug-likeness (QED) is 0.669. The number of benzene rings is 1. The number of hydrogen-bond donors (Lipinski definition) is 0. The van der Waals surface area contributed by atoms with Gasteiger partial charge in [-0.1, -0.05) is 6.07 Å². The molecule has 29 heavy (non-hydrogen) atoms. The normalized spacial score (nSPS) is 14.8. The molecule has 0 aliphatic carbocycles. The van der Waals surface area contributed by atoms with Crippen LogP contribution in [-0.4, -0.2) is 68.2 Å². The number of carbonyl (C=O) groups is 1. The minimum atomic E-state index is -0.00348. The number of pyridine rings is 1. The van der Waals surface area contributed by atoms with E-state index in [9.17, 15) is 4.79 Å². The van der Waals surface area contributed by atoms with Crippen LogP contribution in [0.2, 0.25) is 0 Å². The third-order valence-electron chi connectivity index (χ3n) is 4.90. The Balaban J connectivity index is 1.59. The van der Waals surface area contributed by atoms with Gasteiger partial charge >= 0.3 is 0 Å². The highest BCUT2D eigenvalue weighted by Crippen LogP contribution is 2.38. The second-order valence-electron chi connectivity index (χ2n) is 6.71. The Labute approximate surface area is 171 Å². The Morgan fingerprint density at radius 1 is 1.03 bits per heavy atom. The highest BCUT2D eigenvalue weighted by Gasteiger charge is 2.20. The number of methoxy groups -OCH3 is 3. The fourth-order valence-corrected chi connectivity index (χ4v) is 3.32. The van der Waals surface area contributed by atoms with Crippen LogP contribution < -0.4 is 14.2 Å². The summed E-state index contributed by atoms with van der Waals surface area (Å²) in [6.07, 6.45) is 5.17. The summed E-state index contributed by atoms with van der Waals surface area (Å²) in [6, 6.07) is 9.57. The molecule has 0 bridgehead atoms. The van der Waals surface area contributed by atoms with Crippen molar-refractivity contribution in [3.05, 3.63) is 53.9 Å². The second kappa shape index (κ2) is 9.93. The van der Waals surface area contributed by atoms with Crippen molar-refractivity contribution < 1.29 is 19.0 Å². The summed E-state index contributed by atoms with van der Waals surface area (Å²) in [7, 11) is 4.70. The molecule has 0 N–H and O–H groups in total. The molecule has 1 aliphatic heterocycles. The van der Waals surface area contributed by atoms with E-state index in [1.807, 2.05) is 41.4 Å². The Bertz CT molecular complexity index is 821. The number of ether oxygens (including phenoxy) is 3. The van der Waals surface area contributed by atoms with E-state index < -0.39 is 0 Å². The molecule has 1 saturated heterocycles. The maximum absolute atomic E-state index is 12.6.